The third-order valence-electron chi connectivity index (χ3n) is 5.72. The number of urea groups is 1. The number of benzene rings is 3. The highest BCUT2D eigenvalue weighted by atomic mass is 32.2. The zero-order chi connectivity index (χ0) is 26.7. The first kappa shape index (κ1) is 26.6. The molecule has 3 N–H and O–H groups in total. The number of carbonyl (C=O) groups is 3. The first-order valence-electron chi connectivity index (χ1n) is 12.1. The number of hydrogen-bond donors (Lipinski definition) is 3. The van der Waals surface area contributed by atoms with Gasteiger partial charge in [0.25, 0.3) is 0 Å². The molecule has 2 amide bonds. The summed E-state index contributed by atoms with van der Waals surface area (Å²) in [6.07, 6.45) is 3.52. The Morgan fingerprint density at radius 1 is 0.868 bits per heavy atom. The van der Waals surface area contributed by atoms with Crippen LogP contribution in [0.3, 0.4) is 0 Å². The molecule has 4 aromatic rings. The zero-order valence-corrected chi connectivity index (χ0v) is 21.4. The van der Waals surface area contributed by atoms with Crippen LogP contribution in [0.15, 0.2) is 108 Å². The second-order valence-electron chi connectivity index (χ2n) is 8.61. The number of ketones is 1. The van der Waals surface area contributed by atoms with Crippen molar-refractivity contribution in [3.05, 3.63) is 126 Å². The molecule has 3 aromatic carbocycles. The molecule has 0 aliphatic carbocycles. The first-order chi connectivity index (χ1) is 18.5. The van der Waals surface area contributed by atoms with Gasteiger partial charge < -0.3 is 15.7 Å². The summed E-state index contributed by atoms with van der Waals surface area (Å²) in [5.41, 5.74) is 3.72. The summed E-state index contributed by atoms with van der Waals surface area (Å²) < 4.78 is 0. The fraction of sp³-hybridized carbons (Fsp3) is 0.133. The van der Waals surface area contributed by atoms with Crippen molar-refractivity contribution in [2.75, 3.05) is 5.32 Å². The molecular weight excluding hydrogens is 498 g/mol. The molecule has 0 radical (unpaired) electrons. The molecule has 1 aromatic heterocycles. The topological polar surface area (TPSA) is 108 Å². The molecule has 8 heteroatoms. The fourth-order valence-corrected chi connectivity index (χ4v) is 4.94. The van der Waals surface area contributed by atoms with Gasteiger partial charge in [-0.15, -0.1) is 11.8 Å². The summed E-state index contributed by atoms with van der Waals surface area (Å²) in [6.45, 7) is 0.402. The number of rotatable bonds is 11. The van der Waals surface area contributed by atoms with Crippen LogP contribution in [0.5, 0.6) is 0 Å². The Morgan fingerprint density at radius 3 is 2.37 bits per heavy atom. The van der Waals surface area contributed by atoms with Crippen LogP contribution in [0.4, 0.5) is 10.5 Å². The molecule has 4 rings (SSSR count). The number of Topliss-reactive ketones (excluding diaryl/α,β-unsaturated/α-hetero) is 1. The second-order valence-corrected chi connectivity index (χ2v) is 9.88. The number of aromatic nitrogens is 1. The van der Waals surface area contributed by atoms with E-state index in [1.54, 1.807) is 42.7 Å². The van der Waals surface area contributed by atoms with Gasteiger partial charge in [-0.1, -0.05) is 60.7 Å². The molecule has 0 aliphatic heterocycles. The van der Waals surface area contributed by atoms with Crippen molar-refractivity contribution in [1.82, 2.24) is 10.3 Å². The Balaban J connectivity index is 1.33. The summed E-state index contributed by atoms with van der Waals surface area (Å²) in [4.78, 5) is 41.6. The van der Waals surface area contributed by atoms with Crippen molar-refractivity contribution >= 4 is 35.2 Å². The van der Waals surface area contributed by atoms with Gasteiger partial charge >= 0.3 is 12.0 Å². The number of nitrogens with zero attached hydrogens (tertiary/aromatic N) is 1. The second kappa shape index (κ2) is 13.2. The lowest BCUT2D eigenvalue weighted by atomic mass is 10.0. The van der Waals surface area contributed by atoms with E-state index in [0.717, 1.165) is 21.6 Å². The van der Waals surface area contributed by atoms with Gasteiger partial charge in [0.15, 0.2) is 5.78 Å². The smallest absolute Gasteiger partial charge is 0.319 e. The molecule has 7 nitrogen and oxygen atoms in total. The molecule has 1 atom stereocenters. The number of carboxylic acids is 1. The number of nitrogens with one attached hydrogen (secondary N) is 2. The Morgan fingerprint density at radius 2 is 1.66 bits per heavy atom. The largest absolute Gasteiger partial charge is 0.481 e. The lowest BCUT2D eigenvalue weighted by Crippen LogP contribution is -2.28. The van der Waals surface area contributed by atoms with E-state index in [4.69, 9.17) is 0 Å². The van der Waals surface area contributed by atoms with Gasteiger partial charge in [0.1, 0.15) is 0 Å². The van der Waals surface area contributed by atoms with Crippen molar-refractivity contribution in [2.24, 2.45) is 0 Å². The number of hydrogen-bond acceptors (Lipinski definition) is 5. The minimum Gasteiger partial charge on any atom is -0.481 e. The average Bonchev–Trinajstić information content (AvgIpc) is 2.93. The third kappa shape index (κ3) is 8.04. The molecule has 192 valence electrons. The van der Waals surface area contributed by atoms with Crippen LogP contribution in [-0.4, -0.2) is 27.9 Å². The molecule has 0 fully saturated rings. The Kier molecular flexibility index (Phi) is 9.26. The van der Waals surface area contributed by atoms with E-state index in [1.165, 1.54) is 11.8 Å². The van der Waals surface area contributed by atoms with Crippen molar-refractivity contribution in [2.45, 2.75) is 29.5 Å². The summed E-state index contributed by atoms with van der Waals surface area (Å²) in [6, 6.07) is 27.3. The van der Waals surface area contributed by atoms with Crippen LogP contribution in [0.2, 0.25) is 0 Å². The summed E-state index contributed by atoms with van der Waals surface area (Å²) in [7, 11) is 0. The molecule has 0 spiro atoms. The van der Waals surface area contributed by atoms with Gasteiger partial charge in [0.2, 0.25) is 0 Å². The molecule has 0 saturated carbocycles. The van der Waals surface area contributed by atoms with Gasteiger partial charge in [-0.25, -0.2) is 4.79 Å². The quantitative estimate of drug-likeness (QED) is 0.160. The first-order valence-corrected chi connectivity index (χ1v) is 12.9. The normalized spacial score (nSPS) is 11.4. The van der Waals surface area contributed by atoms with Crippen LogP contribution < -0.4 is 10.6 Å². The highest BCUT2D eigenvalue weighted by Gasteiger charge is 2.17. The van der Waals surface area contributed by atoms with Crippen LogP contribution in [0.25, 0.3) is 0 Å². The number of anilines is 1. The van der Waals surface area contributed by atoms with E-state index in [1.807, 2.05) is 60.7 Å². The van der Waals surface area contributed by atoms with E-state index >= 15 is 0 Å². The Labute approximate surface area is 225 Å². The monoisotopic (exact) mass is 525 g/mol. The average molecular weight is 526 g/mol. The van der Waals surface area contributed by atoms with Crippen molar-refractivity contribution in [3.8, 4) is 0 Å². The predicted octanol–water partition coefficient (Wildman–Crippen LogP) is 6.14. The maximum absolute atomic E-state index is 12.9. The summed E-state index contributed by atoms with van der Waals surface area (Å²) in [5, 5.41) is 14.6. The summed E-state index contributed by atoms with van der Waals surface area (Å²) in [5.74, 6) is -0.947. The molecular formula is C30H27N3O4S. The maximum Gasteiger partial charge on any atom is 0.319 e. The van der Waals surface area contributed by atoms with Gasteiger partial charge in [-0.3, -0.25) is 14.6 Å². The molecule has 0 saturated heterocycles. The van der Waals surface area contributed by atoms with Gasteiger partial charge in [0.05, 0.1) is 6.42 Å². The van der Waals surface area contributed by atoms with Gasteiger partial charge in [-0.05, 0) is 47.0 Å². The predicted molar refractivity (Wildman–Crippen MR) is 148 cm³/mol. The number of amides is 2. The van der Waals surface area contributed by atoms with Crippen molar-refractivity contribution < 1.29 is 19.5 Å². The Hall–Kier alpha value is -4.43. The van der Waals surface area contributed by atoms with Gasteiger partial charge in [-0.2, -0.15) is 0 Å². The number of aliphatic carboxylic acids is 1. The van der Waals surface area contributed by atoms with Crippen molar-refractivity contribution in [1.29, 1.82) is 0 Å². The van der Waals surface area contributed by atoms with Crippen LogP contribution in [0, 0.1) is 0 Å². The zero-order valence-electron chi connectivity index (χ0n) is 20.5. The molecule has 38 heavy (non-hydrogen) atoms. The van der Waals surface area contributed by atoms with E-state index in [2.05, 4.69) is 15.6 Å². The van der Waals surface area contributed by atoms with Crippen molar-refractivity contribution in [3.63, 3.8) is 0 Å². The van der Waals surface area contributed by atoms with E-state index in [9.17, 15) is 19.5 Å². The standard InChI is InChI=1S/C30H27N3O4S/c34-27(23-8-4-10-25(17-23)33-30(37)32-19-22-6-2-1-3-7-22)16-21-11-13-26(14-12-21)38-28(18-29(35)36)24-9-5-15-31-20-24/h1-15,17,20,28H,16,18-19H2,(H,35,36)(H2,32,33,37). The van der Waals surface area contributed by atoms with E-state index in [-0.39, 0.29) is 29.9 Å². The lowest BCUT2D eigenvalue weighted by molar-refractivity contribution is -0.137. The number of carboxylic acid groups (broad SMARTS) is 1. The number of carbonyl (C=O) groups excluding carboxylic acids is 2. The fourth-order valence-electron chi connectivity index (χ4n) is 3.81. The third-order valence-corrected chi connectivity index (χ3v) is 6.99. The molecule has 0 bridgehead atoms. The van der Waals surface area contributed by atoms with Crippen LogP contribution in [0.1, 0.15) is 38.7 Å². The lowest BCUT2D eigenvalue weighted by Gasteiger charge is -2.15. The minimum absolute atomic E-state index is 0.0226. The summed E-state index contributed by atoms with van der Waals surface area (Å²) >= 11 is 1.45. The maximum atomic E-state index is 12.9. The van der Waals surface area contributed by atoms with E-state index < -0.39 is 5.97 Å². The minimum atomic E-state index is -0.876. The highest BCUT2D eigenvalue weighted by molar-refractivity contribution is 7.99. The highest BCUT2D eigenvalue weighted by Crippen LogP contribution is 2.37. The molecule has 1 heterocycles. The molecule has 0 aliphatic rings. The van der Waals surface area contributed by atoms with Gasteiger partial charge in [0, 0.05) is 46.8 Å². The van der Waals surface area contributed by atoms with Crippen LogP contribution >= 0.6 is 11.8 Å². The molecule has 1 unspecified atom stereocenters. The number of thioether (sulfide) groups is 1. The Bertz CT molecular complexity index is 1380. The van der Waals surface area contributed by atoms with Crippen LogP contribution in [-0.2, 0) is 17.8 Å². The SMILES string of the molecule is O=C(O)CC(Sc1ccc(CC(=O)c2cccc(NC(=O)NCc3ccccc3)c2)cc1)c1cccnc1. The van der Waals surface area contributed by atoms with E-state index in [0.29, 0.717) is 17.8 Å². The number of pyridine rings is 1.